The maximum Gasteiger partial charge on any atom is 0.161 e. The van der Waals surface area contributed by atoms with Crippen molar-refractivity contribution in [1.29, 1.82) is 0 Å². The van der Waals surface area contributed by atoms with Crippen molar-refractivity contribution in [1.82, 2.24) is 0 Å². The Balaban J connectivity index is 1.78. The standard InChI is InChI=1S/C16H19NO4/c18-9-8-17-13-6-7-16(15(19)12-13)21-11-10-20-14-4-2-1-3-5-14/h1-7,12,17-19H,8-11H2. The zero-order valence-corrected chi connectivity index (χ0v) is 11.7. The Morgan fingerprint density at radius 2 is 1.71 bits per heavy atom. The third kappa shape index (κ3) is 4.89. The summed E-state index contributed by atoms with van der Waals surface area (Å²) in [4.78, 5) is 0. The van der Waals surface area contributed by atoms with Gasteiger partial charge in [0.2, 0.25) is 0 Å². The molecule has 0 aromatic heterocycles. The van der Waals surface area contributed by atoms with Crippen molar-refractivity contribution in [3.63, 3.8) is 0 Å². The summed E-state index contributed by atoms with van der Waals surface area (Å²) in [6, 6.07) is 14.5. The molecule has 2 rings (SSSR count). The van der Waals surface area contributed by atoms with Gasteiger partial charge in [-0.05, 0) is 24.3 Å². The van der Waals surface area contributed by atoms with Gasteiger partial charge in [-0.1, -0.05) is 18.2 Å². The minimum Gasteiger partial charge on any atom is -0.504 e. The quantitative estimate of drug-likeness (QED) is 0.650. The molecular weight excluding hydrogens is 270 g/mol. The van der Waals surface area contributed by atoms with E-state index >= 15 is 0 Å². The van der Waals surface area contributed by atoms with Crippen LogP contribution in [0.1, 0.15) is 0 Å². The molecule has 0 amide bonds. The van der Waals surface area contributed by atoms with E-state index in [1.165, 1.54) is 0 Å². The zero-order valence-electron chi connectivity index (χ0n) is 11.7. The number of benzene rings is 2. The first kappa shape index (κ1) is 15.0. The second kappa shape index (κ2) is 8.01. The molecule has 21 heavy (non-hydrogen) atoms. The molecule has 0 aliphatic rings. The lowest BCUT2D eigenvalue weighted by molar-refractivity contribution is 0.212. The molecule has 5 nitrogen and oxygen atoms in total. The number of hydrogen-bond donors (Lipinski definition) is 3. The predicted octanol–water partition coefficient (Wildman–Crippen LogP) is 2.25. The molecule has 2 aromatic carbocycles. The third-order valence-corrected chi connectivity index (χ3v) is 2.75. The number of ether oxygens (including phenoxy) is 2. The molecule has 0 fully saturated rings. The number of aliphatic hydroxyl groups excluding tert-OH is 1. The highest BCUT2D eigenvalue weighted by Gasteiger charge is 2.04. The highest BCUT2D eigenvalue weighted by Crippen LogP contribution is 2.28. The average molecular weight is 289 g/mol. The smallest absolute Gasteiger partial charge is 0.161 e. The van der Waals surface area contributed by atoms with Crippen LogP contribution >= 0.6 is 0 Å². The summed E-state index contributed by atoms with van der Waals surface area (Å²) in [5, 5.41) is 21.5. The van der Waals surface area contributed by atoms with Gasteiger partial charge in [0.15, 0.2) is 11.5 Å². The van der Waals surface area contributed by atoms with Gasteiger partial charge in [0.25, 0.3) is 0 Å². The number of phenolic OH excluding ortho intramolecular Hbond substituents is 1. The Kier molecular flexibility index (Phi) is 5.72. The van der Waals surface area contributed by atoms with Gasteiger partial charge in [0.1, 0.15) is 19.0 Å². The lowest BCUT2D eigenvalue weighted by Crippen LogP contribution is -2.09. The molecule has 3 N–H and O–H groups in total. The van der Waals surface area contributed by atoms with Gasteiger partial charge in [0.05, 0.1) is 6.61 Å². The zero-order chi connectivity index (χ0) is 14.9. The van der Waals surface area contributed by atoms with Crippen LogP contribution in [0.4, 0.5) is 5.69 Å². The predicted molar refractivity (Wildman–Crippen MR) is 81.1 cm³/mol. The van der Waals surface area contributed by atoms with Crippen LogP contribution in [-0.4, -0.2) is 36.6 Å². The van der Waals surface area contributed by atoms with Gasteiger partial charge in [-0.3, -0.25) is 0 Å². The molecule has 0 aliphatic carbocycles. The van der Waals surface area contributed by atoms with Gasteiger partial charge in [-0.2, -0.15) is 0 Å². The van der Waals surface area contributed by atoms with E-state index in [-0.39, 0.29) is 12.4 Å². The van der Waals surface area contributed by atoms with Crippen molar-refractivity contribution in [2.24, 2.45) is 0 Å². The minimum absolute atomic E-state index is 0.0375. The molecule has 0 heterocycles. The average Bonchev–Trinajstić information content (AvgIpc) is 2.52. The van der Waals surface area contributed by atoms with Gasteiger partial charge in [-0.25, -0.2) is 0 Å². The summed E-state index contributed by atoms with van der Waals surface area (Å²) < 4.78 is 11.0. The number of rotatable bonds is 8. The molecule has 0 saturated carbocycles. The molecule has 0 unspecified atom stereocenters. The first-order valence-electron chi connectivity index (χ1n) is 6.78. The van der Waals surface area contributed by atoms with Gasteiger partial charge in [-0.15, -0.1) is 0 Å². The fraction of sp³-hybridized carbons (Fsp3) is 0.250. The summed E-state index contributed by atoms with van der Waals surface area (Å²) in [7, 11) is 0. The van der Waals surface area contributed by atoms with E-state index in [9.17, 15) is 5.11 Å². The SMILES string of the molecule is OCCNc1ccc(OCCOc2ccccc2)c(O)c1. The van der Waals surface area contributed by atoms with Crippen LogP contribution in [-0.2, 0) is 0 Å². The number of aromatic hydroxyl groups is 1. The third-order valence-electron chi connectivity index (χ3n) is 2.75. The first-order chi connectivity index (χ1) is 10.3. The van der Waals surface area contributed by atoms with Crippen LogP contribution in [0.15, 0.2) is 48.5 Å². The number of aliphatic hydroxyl groups is 1. The fourth-order valence-electron chi connectivity index (χ4n) is 1.78. The molecule has 0 radical (unpaired) electrons. The van der Waals surface area contributed by atoms with Crippen LogP contribution in [0.25, 0.3) is 0 Å². The lowest BCUT2D eigenvalue weighted by Gasteiger charge is -2.11. The Morgan fingerprint density at radius 3 is 2.43 bits per heavy atom. The Morgan fingerprint density at radius 1 is 0.952 bits per heavy atom. The number of anilines is 1. The fourth-order valence-corrected chi connectivity index (χ4v) is 1.78. The van der Waals surface area contributed by atoms with Crippen molar-refractivity contribution in [3.05, 3.63) is 48.5 Å². The molecule has 2 aromatic rings. The lowest BCUT2D eigenvalue weighted by atomic mass is 10.2. The van der Waals surface area contributed by atoms with Crippen LogP contribution in [0, 0.1) is 0 Å². The largest absolute Gasteiger partial charge is 0.504 e. The summed E-state index contributed by atoms with van der Waals surface area (Å²) >= 11 is 0. The Hall–Kier alpha value is -2.40. The van der Waals surface area contributed by atoms with E-state index in [0.29, 0.717) is 25.5 Å². The monoisotopic (exact) mass is 289 g/mol. The molecular formula is C16H19NO4. The van der Waals surface area contributed by atoms with Gasteiger partial charge >= 0.3 is 0 Å². The van der Waals surface area contributed by atoms with Crippen molar-refractivity contribution < 1.29 is 19.7 Å². The number of phenols is 1. The minimum atomic E-state index is 0.0375. The maximum absolute atomic E-state index is 9.84. The van der Waals surface area contributed by atoms with E-state index in [1.54, 1.807) is 18.2 Å². The van der Waals surface area contributed by atoms with Crippen LogP contribution < -0.4 is 14.8 Å². The highest BCUT2D eigenvalue weighted by molar-refractivity contribution is 5.54. The molecule has 5 heteroatoms. The van der Waals surface area contributed by atoms with Crippen molar-refractivity contribution in [2.75, 3.05) is 31.7 Å². The normalized spacial score (nSPS) is 10.1. The molecule has 0 aliphatic heterocycles. The van der Waals surface area contributed by atoms with Crippen molar-refractivity contribution in [2.45, 2.75) is 0 Å². The second-order valence-corrected chi connectivity index (χ2v) is 4.34. The molecule has 112 valence electrons. The summed E-state index contributed by atoms with van der Waals surface area (Å²) in [5.74, 6) is 1.24. The number of hydrogen-bond acceptors (Lipinski definition) is 5. The van der Waals surface area contributed by atoms with Crippen LogP contribution in [0.3, 0.4) is 0 Å². The highest BCUT2D eigenvalue weighted by atomic mass is 16.5. The van der Waals surface area contributed by atoms with Crippen LogP contribution in [0.2, 0.25) is 0 Å². The molecule has 0 spiro atoms. The topological polar surface area (TPSA) is 71.0 Å². The van der Waals surface area contributed by atoms with E-state index < -0.39 is 0 Å². The van der Waals surface area contributed by atoms with E-state index in [1.807, 2.05) is 30.3 Å². The number of para-hydroxylation sites is 1. The van der Waals surface area contributed by atoms with Gasteiger partial charge < -0.3 is 25.0 Å². The van der Waals surface area contributed by atoms with Crippen LogP contribution in [0.5, 0.6) is 17.2 Å². The van der Waals surface area contributed by atoms with E-state index in [4.69, 9.17) is 14.6 Å². The van der Waals surface area contributed by atoms with Crippen molar-refractivity contribution >= 4 is 5.69 Å². The number of nitrogens with one attached hydrogen (secondary N) is 1. The van der Waals surface area contributed by atoms with E-state index in [0.717, 1.165) is 11.4 Å². The second-order valence-electron chi connectivity index (χ2n) is 4.34. The van der Waals surface area contributed by atoms with Gasteiger partial charge in [0, 0.05) is 18.3 Å². The van der Waals surface area contributed by atoms with E-state index in [2.05, 4.69) is 5.32 Å². The Bertz CT molecular complexity index is 545. The molecule has 0 bridgehead atoms. The summed E-state index contributed by atoms with van der Waals surface area (Å²) in [5.41, 5.74) is 0.731. The molecule has 0 saturated heterocycles. The maximum atomic E-state index is 9.84. The summed E-state index contributed by atoms with van der Waals surface area (Å²) in [6.45, 7) is 1.21. The van der Waals surface area contributed by atoms with Crippen molar-refractivity contribution in [3.8, 4) is 17.2 Å². The Labute approximate surface area is 123 Å². The summed E-state index contributed by atoms with van der Waals surface area (Å²) in [6.07, 6.45) is 0. The first-order valence-corrected chi connectivity index (χ1v) is 6.78. The molecule has 0 atom stereocenters.